The molecule has 1 unspecified atom stereocenters. The first-order chi connectivity index (χ1) is 8.13. The van der Waals surface area contributed by atoms with Crippen molar-refractivity contribution in [3.8, 4) is 0 Å². The average Bonchev–Trinajstić information content (AvgIpc) is 2.34. The van der Waals surface area contributed by atoms with Crippen LogP contribution < -0.4 is 10.6 Å². The molecule has 0 spiro atoms. The third kappa shape index (κ3) is 4.52. The summed E-state index contributed by atoms with van der Waals surface area (Å²) in [6, 6.07) is 9.12. The maximum absolute atomic E-state index is 11.4. The highest BCUT2D eigenvalue weighted by Crippen LogP contribution is 2.03. The molecule has 3 N–H and O–H groups in total. The molecular formula is C11H14N2O4. The van der Waals surface area contributed by atoms with Gasteiger partial charge in [0.15, 0.2) is 0 Å². The normalized spacial score (nSPS) is 11.6. The Balaban J connectivity index is 2.37. The fourth-order valence-corrected chi connectivity index (χ4v) is 1.16. The van der Waals surface area contributed by atoms with Gasteiger partial charge in [0.25, 0.3) is 0 Å². The largest absolute Gasteiger partial charge is 0.478 e. The zero-order valence-corrected chi connectivity index (χ0v) is 9.34. The summed E-state index contributed by atoms with van der Waals surface area (Å²) in [7, 11) is 1.21. The van der Waals surface area contributed by atoms with Crippen LogP contribution in [0.1, 0.15) is 0 Å². The quantitative estimate of drug-likeness (QED) is 0.619. The fourth-order valence-electron chi connectivity index (χ4n) is 1.16. The molecule has 6 heteroatoms. The molecule has 0 saturated heterocycles. The number of para-hydroxylation sites is 1. The highest BCUT2D eigenvalue weighted by atomic mass is 16.5. The van der Waals surface area contributed by atoms with Crippen LogP contribution >= 0.6 is 0 Å². The van der Waals surface area contributed by atoms with E-state index in [1.54, 1.807) is 12.1 Å². The summed E-state index contributed by atoms with van der Waals surface area (Å²) in [4.78, 5) is 22.0. The van der Waals surface area contributed by atoms with Crippen molar-refractivity contribution in [1.82, 2.24) is 5.32 Å². The summed E-state index contributed by atoms with van der Waals surface area (Å²) in [6.07, 6.45) is -1.32. The molecule has 1 aromatic carbocycles. The van der Waals surface area contributed by atoms with Crippen molar-refractivity contribution >= 4 is 17.6 Å². The number of carbonyl (C=O) groups excluding carboxylic acids is 1. The molecule has 0 aliphatic heterocycles. The van der Waals surface area contributed by atoms with Gasteiger partial charge in [0.05, 0.1) is 6.54 Å². The van der Waals surface area contributed by atoms with Gasteiger partial charge in [-0.15, -0.1) is 0 Å². The highest BCUT2D eigenvalue weighted by molar-refractivity contribution is 5.85. The number of carbonyl (C=O) groups is 2. The molecule has 0 saturated carbocycles. The molecule has 1 aromatic rings. The van der Waals surface area contributed by atoms with Crippen LogP contribution in [0.4, 0.5) is 5.69 Å². The van der Waals surface area contributed by atoms with Gasteiger partial charge in [-0.05, 0) is 12.1 Å². The molecule has 0 aliphatic rings. The first-order valence-corrected chi connectivity index (χ1v) is 4.97. The second-order valence-electron chi connectivity index (χ2n) is 3.24. The minimum atomic E-state index is -1.32. The number of carboxylic acid groups (broad SMARTS) is 1. The van der Waals surface area contributed by atoms with Gasteiger partial charge in [0.2, 0.25) is 12.1 Å². The Morgan fingerprint density at radius 1 is 1.35 bits per heavy atom. The Morgan fingerprint density at radius 3 is 2.53 bits per heavy atom. The third-order valence-corrected chi connectivity index (χ3v) is 1.98. The summed E-state index contributed by atoms with van der Waals surface area (Å²) in [5.74, 6) is -1.69. The van der Waals surface area contributed by atoms with Gasteiger partial charge in [0, 0.05) is 12.8 Å². The predicted octanol–water partition coefficient (Wildman–Crippen LogP) is 0.272. The summed E-state index contributed by atoms with van der Waals surface area (Å²) < 4.78 is 4.58. The lowest BCUT2D eigenvalue weighted by Gasteiger charge is -2.13. The molecule has 1 atom stereocenters. The van der Waals surface area contributed by atoms with E-state index in [2.05, 4.69) is 15.4 Å². The van der Waals surface area contributed by atoms with E-state index >= 15 is 0 Å². The lowest BCUT2D eigenvalue weighted by molar-refractivity contribution is -0.153. The Morgan fingerprint density at radius 2 is 2.00 bits per heavy atom. The number of rotatable bonds is 6. The summed E-state index contributed by atoms with van der Waals surface area (Å²) >= 11 is 0. The molecule has 0 fully saturated rings. The predicted molar refractivity (Wildman–Crippen MR) is 61.5 cm³/mol. The maximum Gasteiger partial charge on any atom is 0.354 e. The molecule has 0 aromatic heterocycles. The number of carboxylic acids is 1. The second kappa shape index (κ2) is 6.49. The summed E-state index contributed by atoms with van der Waals surface area (Å²) in [5, 5.41) is 13.7. The van der Waals surface area contributed by atoms with Crippen molar-refractivity contribution < 1.29 is 19.4 Å². The number of benzene rings is 1. The average molecular weight is 238 g/mol. The zero-order chi connectivity index (χ0) is 12.7. The maximum atomic E-state index is 11.4. The van der Waals surface area contributed by atoms with Crippen molar-refractivity contribution in [1.29, 1.82) is 0 Å². The number of methoxy groups -OCH3 is 1. The third-order valence-electron chi connectivity index (χ3n) is 1.98. The van der Waals surface area contributed by atoms with Gasteiger partial charge in [-0.2, -0.15) is 0 Å². The number of nitrogens with one attached hydrogen (secondary N) is 2. The Kier molecular flexibility index (Phi) is 4.96. The van der Waals surface area contributed by atoms with Gasteiger partial charge in [0.1, 0.15) is 0 Å². The van der Waals surface area contributed by atoms with Crippen LogP contribution in [-0.4, -0.2) is 36.9 Å². The molecule has 6 nitrogen and oxygen atoms in total. The minimum absolute atomic E-state index is 0.0167. The molecular weight excluding hydrogens is 224 g/mol. The van der Waals surface area contributed by atoms with Crippen LogP contribution in [-0.2, 0) is 14.3 Å². The van der Waals surface area contributed by atoms with E-state index in [9.17, 15) is 9.59 Å². The highest BCUT2D eigenvalue weighted by Gasteiger charge is 2.18. The number of amides is 1. The van der Waals surface area contributed by atoms with Crippen LogP contribution in [0, 0.1) is 0 Å². The first kappa shape index (κ1) is 13.0. The number of ether oxygens (including phenoxy) is 1. The fraction of sp³-hybridized carbons (Fsp3) is 0.273. The number of hydrogen-bond donors (Lipinski definition) is 3. The SMILES string of the molecule is COC(NC(=O)CNc1ccccc1)C(=O)O. The molecule has 17 heavy (non-hydrogen) atoms. The molecule has 92 valence electrons. The zero-order valence-electron chi connectivity index (χ0n) is 9.34. The lowest BCUT2D eigenvalue weighted by atomic mass is 10.3. The van der Waals surface area contributed by atoms with Crippen LogP contribution in [0.25, 0.3) is 0 Å². The van der Waals surface area contributed by atoms with E-state index in [1.807, 2.05) is 18.2 Å². The van der Waals surface area contributed by atoms with Crippen molar-refractivity contribution in [2.75, 3.05) is 19.0 Å². The molecule has 0 heterocycles. The van der Waals surface area contributed by atoms with Crippen LogP contribution in [0.5, 0.6) is 0 Å². The van der Waals surface area contributed by atoms with Crippen LogP contribution in [0.3, 0.4) is 0 Å². The van der Waals surface area contributed by atoms with E-state index in [1.165, 1.54) is 7.11 Å². The Labute approximate surface area is 98.6 Å². The van der Waals surface area contributed by atoms with Crippen LogP contribution in [0.15, 0.2) is 30.3 Å². The molecule has 0 bridgehead atoms. The number of anilines is 1. The molecule has 0 aliphatic carbocycles. The molecule has 1 rings (SSSR count). The lowest BCUT2D eigenvalue weighted by Crippen LogP contribution is -2.44. The topological polar surface area (TPSA) is 87.7 Å². The van der Waals surface area contributed by atoms with Gasteiger partial charge < -0.3 is 20.5 Å². The summed E-state index contributed by atoms with van der Waals surface area (Å²) in [6.45, 7) is -0.0167. The summed E-state index contributed by atoms with van der Waals surface area (Å²) in [5.41, 5.74) is 0.784. The van der Waals surface area contributed by atoms with Crippen molar-refractivity contribution in [3.63, 3.8) is 0 Å². The smallest absolute Gasteiger partial charge is 0.354 e. The van der Waals surface area contributed by atoms with Crippen molar-refractivity contribution in [2.24, 2.45) is 0 Å². The van der Waals surface area contributed by atoms with Gasteiger partial charge in [-0.25, -0.2) is 4.79 Å². The van der Waals surface area contributed by atoms with E-state index in [4.69, 9.17) is 5.11 Å². The Hall–Kier alpha value is -2.08. The monoisotopic (exact) mass is 238 g/mol. The van der Waals surface area contributed by atoms with Crippen molar-refractivity contribution in [2.45, 2.75) is 6.23 Å². The van der Waals surface area contributed by atoms with E-state index in [0.29, 0.717) is 0 Å². The van der Waals surface area contributed by atoms with E-state index in [0.717, 1.165) is 5.69 Å². The number of hydrogen-bond acceptors (Lipinski definition) is 4. The van der Waals surface area contributed by atoms with E-state index in [-0.39, 0.29) is 6.54 Å². The van der Waals surface area contributed by atoms with Crippen molar-refractivity contribution in [3.05, 3.63) is 30.3 Å². The first-order valence-electron chi connectivity index (χ1n) is 4.97. The van der Waals surface area contributed by atoms with Gasteiger partial charge in [-0.3, -0.25) is 4.79 Å². The molecule has 0 radical (unpaired) electrons. The Bertz CT molecular complexity index is 380. The van der Waals surface area contributed by atoms with E-state index < -0.39 is 18.1 Å². The molecule has 1 amide bonds. The van der Waals surface area contributed by atoms with Crippen LogP contribution in [0.2, 0.25) is 0 Å². The number of aliphatic carboxylic acids is 1. The standard InChI is InChI=1S/C11H14N2O4/c1-17-10(11(15)16)13-9(14)7-12-8-5-3-2-4-6-8/h2-6,10,12H,7H2,1H3,(H,13,14)(H,15,16). The van der Waals surface area contributed by atoms with Gasteiger partial charge >= 0.3 is 5.97 Å². The van der Waals surface area contributed by atoms with Gasteiger partial charge in [-0.1, -0.05) is 18.2 Å². The minimum Gasteiger partial charge on any atom is -0.478 e. The second-order valence-corrected chi connectivity index (χ2v) is 3.24.